The van der Waals surface area contributed by atoms with Gasteiger partial charge >= 0.3 is 0 Å². The first kappa shape index (κ1) is 16.1. The second-order valence-electron chi connectivity index (χ2n) is 8.13. The van der Waals surface area contributed by atoms with Crippen molar-refractivity contribution in [3.8, 4) is 11.5 Å². The molecule has 7 rings (SSSR count). The summed E-state index contributed by atoms with van der Waals surface area (Å²) in [6, 6.07) is 37.1. The van der Waals surface area contributed by atoms with Crippen LogP contribution in [0.1, 0.15) is 0 Å². The Balaban J connectivity index is 1.64. The van der Waals surface area contributed by atoms with Crippen molar-refractivity contribution in [2.75, 3.05) is 0 Å². The molecule has 0 fully saturated rings. The highest BCUT2D eigenvalue weighted by Crippen LogP contribution is 2.40. The van der Waals surface area contributed by atoms with Gasteiger partial charge in [0.25, 0.3) is 6.71 Å². The standard InChI is InChI=1S/C28H17BO/c1-2-9-21(10-3-1)29-23-11-4-5-12-25(23)30-28-22-16-15-19-8-6-7-18-13-14-20(17-24(28)29)27(22)26(18)19/h1-17H. The van der Waals surface area contributed by atoms with Gasteiger partial charge in [0.05, 0.1) is 0 Å². The van der Waals surface area contributed by atoms with Crippen LogP contribution in [0.4, 0.5) is 0 Å². The third kappa shape index (κ3) is 2.08. The topological polar surface area (TPSA) is 9.23 Å². The fourth-order valence-electron chi connectivity index (χ4n) is 5.23. The molecule has 0 amide bonds. The van der Waals surface area contributed by atoms with Crippen molar-refractivity contribution in [1.29, 1.82) is 0 Å². The number of ether oxygens (including phenoxy) is 1. The van der Waals surface area contributed by atoms with Crippen LogP contribution < -0.4 is 21.1 Å². The summed E-state index contributed by atoms with van der Waals surface area (Å²) in [5.74, 6) is 1.95. The molecule has 0 aromatic heterocycles. The third-order valence-corrected chi connectivity index (χ3v) is 6.51. The van der Waals surface area contributed by atoms with Gasteiger partial charge in [-0.2, -0.15) is 0 Å². The van der Waals surface area contributed by atoms with Crippen LogP contribution >= 0.6 is 0 Å². The van der Waals surface area contributed by atoms with Gasteiger partial charge in [0.1, 0.15) is 11.5 Å². The Morgan fingerprint density at radius 1 is 0.533 bits per heavy atom. The van der Waals surface area contributed by atoms with E-state index < -0.39 is 0 Å². The lowest BCUT2D eigenvalue weighted by Crippen LogP contribution is -2.54. The molecule has 1 aliphatic rings. The summed E-state index contributed by atoms with van der Waals surface area (Å²) < 4.78 is 6.59. The molecule has 6 aromatic carbocycles. The van der Waals surface area contributed by atoms with E-state index >= 15 is 0 Å². The number of benzene rings is 6. The zero-order valence-electron chi connectivity index (χ0n) is 16.3. The van der Waals surface area contributed by atoms with E-state index in [2.05, 4.69) is 103 Å². The molecule has 0 aliphatic carbocycles. The van der Waals surface area contributed by atoms with Gasteiger partial charge in [-0.1, -0.05) is 96.5 Å². The van der Waals surface area contributed by atoms with Crippen LogP contribution in [-0.4, -0.2) is 6.71 Å². The van der Waals surface area contributed by atoms with Gasteiger partial charge in [0.2, 0.25) is 0 Å². The third-order valence-electron chi connectivity index (χ3n) is 6.51. The largest absolute Gasteiger partial charge is 0.458 e. The molecule has 30 heavy (non-hydrogen) atoms. The minimum Gasteiger partial charge on any atom is -0.458 e. The van der Waals surface area contributed by atoms with Crippen LogP contribution in [0.2, 0.25) is 0 Å². The molecule has 1 heterocycles. The lowest BCUT2D eigenvalue weighted by atomic mass is 9.35. The molecule has 0 atom stereocenters. The molecular weight excluding hydrogens is 363 g/mol. The molecule has 0 bridgehead atoms. The first-order valence-corrected chi connectivity index (χ1v) is 10.4. The summed E-state index contributed by atoms with van der Waals surface area (Å²) in [5.41, 5.74) is 3.76. The quantitative estimate of drug-likeness (QED) is 0.281. The average Bonchev–Trinajstić information content (AvgIpc) is 2.81. The second-order valence-corrected chi connectivity index (χ2v) is 8.13. The molecule has 0 saturated heterocycles. The maximum absolute atomic E-state index is 6.59. The number of rotatable bonds is 1. The molecule has 2 heteroatoms. The Hall–Kier alpha value is -3.78. The highest BCUT2D eigenvalue weighted by atomic mass is 16.5. The van der Waals surface area contributed by atoms with E-state index in [0.717, 1.165) is 11.5 Å². The van der Waals surface area contributed by atoms with Gasteiger partial charge in [-0.25, -0.2) is 0 Å². The van der Waals surface area contributed by atoms with E-state index in [1.807, 2.05) is 0 Å². The molecule has 1 aliphatic heterocycles. The predicted molar refractivity (Wildman–Crippen MR) is 128 cm³/mol. The van der Waals surface area contributed by atoms with Crippen molar-refractivity contribution >= 4 is 55.4 Å². The van der Waals surface area contributed by atoms with E-state index in [1.54, 1.807) is 0 Å². The summed E-state index contributed by atoms with van der Waals surface area (Å²) in [5, 5.41) is 7.66. The number of fused-ring (bicyclic) bond motifs is 3. The number of hydrogen-bond donors (Lipinski definition) is 0. The zero-order valence-corrected chi connectivity index (χ0v) is 16.3. The minimum atomic E-state index is 0.160. The number of para-hydroxylation sites is 1. The van der Waals surface area contributed by atoms with Gasteiger partial charge in [-0.15, -0.1) is 0 Å². The predicted octanol–water partition coefficient (Wildman–Crippen LogP) is 5.21. The SMILES string of the molecule is c1ccc(B2c3ccccc3Oc3c2cc2ccc4cccc5ccc3c2c45)cc1. The van der Waals surface area contributed by atoms with Gasteiger partial charge in [-0.3, -0.25) is 0 Å². The maximum atomic E-state index is 6.59. The summed E-state index contributed by atoms with van der Waals surface area (Å²) in [4.78, 5) is 0. The van der Waals surface area contributed by atoms with Gasteiger partial charge < -0.3 is 4.74 Å². The van der Waals surface area contributed by atoms with Crippen molar-refractivity contribution in [2.24, 2.45) is 0 Å². The van der Waals surface area contributed by atoms with E-state index in [0.29, 0.717) is 0 Å². The number of hydrogen-bond acceptors (Lipinski definition) is 1. The highest BCUT2D eigenvalue weighted by Gasteiger charge is 2.33. The van der Waals surface area contributed by atoms with Gasteiger partial charge in [0, 0.05) is 10.8 Å². The van der Waals surface area contributed by atoms with Crippen LogP contribution in [0, 0.1) is 0 Å². The molecule has 0 N–H and O–H groups in total. The molecule has 0 unspecified atom stereocenters. The fourth-order valence-corrected chi connectivity index (χ4v) is 5.23. The zero-order chi connectivity index (χ0) is 19.7. The average molecular weight is 380 g/mol. The van der Waals surface area contributed by atoms with Crippen LogP contribution in [0.25, 0.3) is 32.3 Å². The summed E-state index contributed by atoms with van der Waals surface area (Å²) in [7, 11) is 0. The van der Waals surface area contributed by atoms with E-state index in [1.165, 1.54) is 48.7 Å². The van der Waals surface area contributed by atoms with Crippen molar-refractivity contribution < 1.29 is 4.74 Å². The normalized spacial score (nSPS) is 12.9. The van der Waals surface area contributed by atoms with Gasteiger partial charge in [-0.05, 0) is 44.6 Å². The molecule has 138 valence electrons. The van der Waals surface area contributed by atoms with Gasteiger partial charge in [0.15, 0.2) is 0 Å². The molecule has 0 radical (unpaired) electrons. The second kappa shape index (κ2) is 5.87. The van der Waals surface area contributed by atoms with Crippen molar-refractivity contribution in [2.45, 2.75) is 0 Å². The summed E-state index contributed by atoms with van der Waals surface area (Å²) >= 11 is 0. The first-order valence-electron chi connectivity index (χ1n) is 10.4. The van der Waals surface area contributed by atoms with Crippen LogP contribution in [0.3, 0.4) is 0 Å². The maximum Gasteiger partial charge on any atom is 0.251 e. The first-order chi connectivity index (χ1) is 14.9. The summed E-state index contributed by atoms with van der Waals surface area (Å²) in [6.07, 6.45) is 0. The van der Waals surface area contributed by atoms with Crippen LogP contribution in [-0.2, 0) is 0 Å². The van der Waals surface area contributed by atoms with Crippen LogP contribution in [0.5, 0.6) is 11.5 Å². The Kier molecular flexibility index (Phi) is 3.14. The molecule has 6 aromatic rings. The Morgan fingerprint density at radius 3 is 2.13 bits per heavy atom. The van der Waals surface area contributed by atoms with E-state index in [-0.39, 0.29) is 6.71 Å². The lowest BCUT2D eigenvalue weighted by Gasteiger charge is -2.28. The Morgan fingerprint density at radius 2 is 1.27 bits per heavy atom. The van der Waals surface area contributed by atoms with E-state index in [9.17, 15) is 0 Å². The molecule has 1 nitrogen and oxygen atoms in total. The van der Waals surface area contributed by atoms with Crippen molar-refractivity contribution in [3.63, 3.8) is 0 Å². The molecular formula is C28H17BO. The Labute approximate surface area is 175 Å². The van der Waals surface area contributed by atoms with Crippen molar-refractivity contribution in [1.82, 2.24) is 0 Å². The fraction of sp³-hybridized carbons (Fsp3) is 0. The molecule has 0 saturated carbocycles. The Bertz CT molecular complexity index is 1550. The van der Waals surface area contributed by atoms with E-state index in [4.69, 9.17) is 4.74 Å². The van der Waals surface area contributed by atoms with Crippen LogP contribution in [0.15, 0.2) is 103 Å². The lowest BCUT2D eigenvalue weighted by molar-refractivity contribution is 0.493. The molecule has 0 spiro atoms. The monoisotopic (exact) mass is 380 g/mol. The minimum absolute atomic E-state index is 0.160. The summed E-state index contributed by atoms with van der Waals surface area (Å²) in [6.45, 7) is 0.160. The van der Waals surface area contributed by atoms with Crippen molar-refractivity contribution in [3.05, 3.63) is 103 Å². The smallest absolute Gasteiger partial charge is 0.251 e. The highest BCUT2D eigenvalue weighted by molar-refractivity contribution is 6.97.